The maximum absolute atomic E-state index is 6.31. The first kappa shape index (κ1) is 13.5. The Kier molecular flexibility index (Phi) is 4.75. The first-order valence-corrected chi connectivity index (χ1v) is 6.83. The van der Waals surface area contributed by atoms with Crippen molar-refractivity contribution in [2.75, 3.05) is 20.2 Å². The monoisotopic (exact) mass is 248 g/mol. The third kappa shape index (κ3) is 2.91. The maximum Gasteiger partial charge on any atom is 0.0713 e. The number of ether oxygens (including phenoxy) is 1. The lowest BCUT2D eigenvalue weighted by molar-refractivity contribution is 0.136. The van der Waals surface area contributed by atoms with E-state index in [0.717, 1.165) is 19.5 Å². The minimum atomic E-state index is 0.256. The lowest BCUT2D eigenvalue weighted by Gasteiger charge is -2.39. The van der Waals surface area contributed by atoms with Gasteiger partial charge in [-0.05, 0) is 37.1 Å². The maximum atomic E-state index is 6.31. The van der Waals surface area contributed by atoms with Crippen molar-refractivity contribution in [2.24, 2.45) is 5.73 Å². The van der Waals surface area contributed by atoms with Crippen molar-refractivity contribution >= 4 is 0 Å². The van der Waals surface area contributed by atoms with Gasteiger partial charge in [-0.25, -0.2) is 0 Å². The fourth-order valence-electron chi connectivity index (χ4n) is 2.89. The predicted molar refractivity (Wildman–Crippen MR) is 74.4 cm³/mol. The molecule has 1 aromatic rings. The van der Waals surface area contributed by atoms with E-state index in [-0.39, 0.29) is 6.04 Å². The van der Waals surface area contributed by atoms with Crippen molar-refractivity contribution < 1.29 is 4.74 Å². The summed E-state index contributed by atoms with van der Waals surface area (Å²) in [6.45, 7) is 5.12. The molecule has 3 nitrogen and oxygen atoms in total. The van der Waals surface area contributed by atoms with Crippen LogP contribution in [0.1, 0.15) is 36.9 Å². The Labute approximate surface area is 110 Å². The van der Waals surface area contributed by atoms with Crippen LogP contribution >= 0.6 is 0 Å². The van der Waals surface area contributed by atoms with E-state index < -0.39 is 0 Å². The first-order valence-electron chi connectivity index (χ1n) is 6.83. The molecule has 1 fully saturated rings. The third-order valence-corrected chi connectivity index (χ3v) is 3.82. The first-order chi connectivity index (χ1) is 8.76. The highest BCUT2D eigenvalue weighted by molar-refractivity contribution is 5.26. The molecule has 0 amide bonds. The fourth-order valence-corrected chi connectivity index (χ4v) is 2.89. The summed E-state index contributed by atoms with van der Waals surface area (Å²) in [5.41, 5.74) is 8.86. The van der Waals surface area contributed by atoms with Crippen molar-refractivity contribution in [3.05, 3.63) is 35.4 Å². The topological polar surface area (TPSA) is 38.5 Å². The Bertz CT molecular complexity index is 363. The number of piperidine rings is 1. The van der Waals surface area contributed by atoms with Crippen molar-refractivity contribution in [1.82, 2.24) is 4.90 Å². The molecule has 0 saturated carbocycles. The van der Waals surface area contributed by atoms with Gasteiger partial charge in [-0.3, -0.25) is 4.90 Å². The summed E-state index contributed by atoms with van der Waals surface area (Å²) in [6.07, 6.45) is 2.34. The molecule has 0 radical (unpaired) electrons. The highest BCUT2D eigenvalue weighted by Crippen LogP contribution is 2.30. The van der Waals surface area contributed by atoms with Crippen LogP contribution in [-0.2, 0) is 11.3 Å². The molecule has 1 saturated heterocycles. The summed E-state index contributed by atoms with van der Waals surface area (Å²) in [4.78, 5) is 2.49. The summed E-state index contributed by atoms with van der Waals surface area (Å²) in [6, 6.07) is 9.33. The molecule has 2 unspecified atom stereocenters. The lowest BCUT2D eigenvalue weighted by Crippen LogP contribution is -2.45. The van der Waals surface area contributed by atoms with Gasteiger partial charge in [0, 0.05) is 19.2 Å². The predicted octanol–water partition coefficient (Wildman–Crippen LogP) is 2.32. The average Bonchev–Trinajstić information content (AvgIpc) is 2.40. The Morgan fingerprint density at radius 2 is 2.06 bits per heavy atom. The Balaban J connectivity index is 2.16. The number of rotatable bonds is 4. The fraction of sp³-hybridized carbons (Fsp3) is 0.600. The molecule has 0 aromatic heterocycles. The number of nitrogens with zero attached hydrogens (tertiary/aromatic N) is 1. The SMILES string of the molecule is CCN1CCCC(N)C1c1ccc(COC)cc1. The van der Waals surface area contributed by atoms with Crippen LogP contribution in [0.15, 0.2) is 24.3 Å². The van der Waals surface area contributed by atoms with Gasteiger partial charge in [0.1, 0.15) is 0 Å². The minimum Gasteiger partial charge on any atom is -0.380 e. The van der Waals surface area contributed by atoms with Crippen LogP contribution in [0, 0.1) is 0 Å². The van der Waals surface area contributed by atoms with Gasteiger partial charge in [0.2, 0.25) is 0 Å². The van der Waals surface area contributed by atoms with Crippen LogP contribution in [-0.4, -0.2) is 31.1 Å². The van der Waals surface area contributed by atoms with Crippen LogP contribution in [0.3, 0.4) is 0 Å². The molecule has 2 N–H and O–H groups in total. The molecule has 0 bridgehead atoms. The van der Waals surface area contributed by atoms with Crippen molar-refractivity contribution in [1.29, 1.82) is 0 Å². The van der Waals surface area contributed by atoms with Crippen LogP contribution < -0.4 is 5.73 Å². The van der Waals surface area contributed by atoms with E-state index in [1.807, 2.05) is 0 Å². The van der Waals surface area contributed by atoms with Gasteiger partial charge in [-0.1, -0.05) is 31.2 Å². The van der Waals surface area contributed by atoms with Gasteiger partial charge >= 0.3 is 0 Å². The van der Waals surface area contributed by atoms with E-state index in [1.165, 1.54) is 17.5 Å². The number of benzene rings is 1. The number of hydrogen-bond acceptors (Lipinski definition) is 3. The largest absolute Gasteiger partial charge is 0.380 e. The summed E-state index contributed by atoms with van der Waals surface area (Å²) in [5, 5.41) is 0. The van der Waals surface area contributed by atoms with Gasteiger partial charge in [0.15, 0.2) is 0 Å². The molecule has 1 aliphatic rings. The molecule has 1 aromatic carbocycles. The highest BCUT2D eigenvalue weighted by Gasteiger charge is 2.28. The number of nitrogens with two attached hydrogens (primary N) is 1. The molecule has 0 spiro atoms. The molecular weight excluding hydrogens is 224 g/mol. The molecule has 100 valence electrons. The zero-order chi connectivity index (χ0) is 13.0. The standard InChI is InChI=1S/C15H24N2O/c1-3-17-10-4-5-14(16)15(17)13-8-6-12(7-9-13)11-18-2/h6-9,14-15H,3-5,10-11,16H2,1-2H3. The Hall–Kier alpha value is -0.900. The molecule has 2 rings (SSSR count). The second-order valence-corrected chi connectivity index (χ2v) is 5.05. The van der Waals surface area contributed by atoms with Crippen LogP contribution in [0.5, 0.6) is 0 Å². The Morgan fingerprint density at radius 3 is 2.67 bits per heavy atom. The van der Waals surface area contributed by atoms with Gasteiger partial charge in [-0.2, -0.15) is 0 Å². The normalized spacial score (nSPS) is 25.3. The smallest absolute Gasteiger partial charge is 0.0713 e. The van der Waals surface area contributed by atoms with E-state index in [9.17, 15) is 0 Å². The molecule has 0 aliphatic carbocycles. The molecule has 18 heavy (non-hydrogen) atoms. The Morgan fingerprint density at radius 1 is 1.33 bits per heavy atom. The summed E-state index contributed by atoms with van der Waals surface area (Å²) < 4.78 is 5.14. The number of likely N-dealkylation sites (tertiary alicyclic amines) is 1. The van der Waals surface area contributed by atoms with Crippen LogP contribution in [0.25, 0.3) is 0 Å². The van der Waals surface area contributed by atoms with E-state index in [0.29, 0.717) is 12.6 Å². The van der Waals surface area contributed by atoms with Crippen molar-refractivity contribution in [2.45, 2.75) is 38.5 Å². The third-order valence-electron chi connectivity index (χ3n) is 3.82. The van der Waals surface area contributed by atoms with Gasteiger partial charge in [0.05, 0.1) is 6.61 Å². The summed E-state index contributed by atoms with van der Waals surface area (Å²) in [5.74, 6) is 0. The van der Waals surface area contributed by atoms with Gasteiger partial charge in [0.25, 0.3) is 0 Å². The van der Waals surface area contributed by atoms with Gasteiger partial charge < -0.3 is 10.5 Å². The van der Waals surface area contributed by atoms with E-state index >= 15 is 0 Å². The molecule has 1 heterocycles. The molecule has 1 aliphatic heterocycles. The van der Waals surface area contributed by atoms with Crippen LogP contribution in [0.4, 0.5) is 0 Å². The summed E-state index contributed by atoms with van der Waals surface area (Å²) in [7, 11) is 1.73. The van der Waals surface area contributed by atoms with Crippen molar-refractivity contribution in [3.63, 3.8) is 0 Å². The lowest BCUT2D eigenvalue weighted by atomic mass is 9.90. The minimum absolute atomic E-state index is 0.256. The second kappa shape index (κ2) is 6.32. The number of hydrogen-bond donors (Lipinski definition) is 1. The average molecular weight is 248 g/mol. The highest BCUT2D eigenvalue weighted by atomic mass is 16.5. The zero-order valence-electron chi connectivity index (χ0n) is 11.4. The number of methoxy groups -OCH3 is 1. The van der Waals surface area contributed by atoms with Gasteiger partial charge in [-0.15, -0.1) is 0 Å². The molecule has 3 heteroatoms. The van der Waals surface area contributed by atoms with Crippen molar-refractivity contribution in [3.8, 4) is 0 Å². The zero-order valence-corrected chi connectivity index (χ0v) is 11.4. The van der Waals surface area contributed by atoms with E-state index in [4.69, 9.17) is 10.5 Å². The second-order valence-electron chi connectivity index (χ2n) is 5.05. The molecular formula is C15H24N2O. The quantitative estimate of drug-likeness (QED) is 0.888. The molecule has 2 atom stereocenters. The van der Waals surface area contributed by atoms with E-state index in [1.54, 1.807) is 7.11 Å². The summed E-state index contributed by atoms with van der Waals surface area (Å²) >= 11 is 0. The van der Waals surface area contributed by atoms with Crippen LogP contribution in [0.2, 0.25) is 0 Å². The van der Waals surface area contributed by atoms with E-state index in [2.05, 4.69) is 36.1 Å². The number of likely N-dealkylation sites (N-methyl/N-ethyl adjacent to an activating group) is 1.